The predicted molar refractivity (Wildman–Crippen MR) is 46.9 cm³/mol. The van der Waals surface area contributed by atoms with Crippen molar-refractivity contribution in [2.75, 3.05) is 33.4 Å². The van der Waals surface area contributed by atoms with Gasteiger partial charge in [-0.3, -0.25) is 9.59 Å². The Labute approximate surface area is 76.8 Å². The van der Waals surface area contributed by atoms with Gasteiger partial charge in [0.25, 0.3) is 0 Å². The van der Waals surface area contributed by atoms with Gasteiger partial charge in [-0.25, -0.2) is 0 Å². The fraction of sp³-hybridized carbons (Fsp3) is 0.714. The van der Waals surface area contributed by atoms with Crippen LogP contribution in [0.4, 0.5) is 0 Å². The maximum Gasteiger partial charge on any atom is 0.246 e. The molecule has 0 rings (SSSR count). The molecule has 4 N–H and O–H groups in total. The van der Waals surface area contributed by atoms with Crippen molar-refractivity contribution in [3.63, 3.8) is 0 Å². The summed E-state index contributed by atoms with van der Waals surface area (Å²) in [6.45, 7) is 0.631. The summed E-state index contributed by atoms with van der Waals surface area (Å²) < 4.78 is 4.84. The lowest BCUT2D eigenvalue weighted by molar-refractivity contribution is -0.128. The molecule has 0 aromatic rings. The zero-order valence-electron chi connectivity index (χ0n) is 7.63. The standard InChI is InChI=1S/C7H15N3O3/c1-9-6(11)4-10-7(12)5-13-3-2-8/h2-5,8H2,1H3,(H,9,11)(H,10,12). The fourth-order valence-corrected chi connectivity index (χ4v) is 0.566. The van der Waals surface area contributed by atoms with Crippen LogP contribution in [-0.2, 0) is 14.3 Å². The number of rotatable bonds is 6. The van der Waals surface area contributed by atoms with Crippen molar-refractivity contribution in [3.05, 3.63) is 0 Å². The lowest BCUT2D eigenvalue weighted by Crippen LogP contribution is -2.37. The molecule has 0 fully saturated rings. The number of carbonyl (C=O) groups excluding carboxylic acids is 2. The lowest BCUT2D eigenvalue weighted by atomic mass is 10.5. The molecule has 0 unspecified atom stereocenters. The summed E-state index contributed by atoms with van der Waals surface area (Å²) in [5.41, 5.74) is 5.14. The van der Waals surface area contributed by atoms with Gasteiger partial charge in [0.2, 0.25) is 11.8 Å². The summed E-state index contributed by atoms with van der Waals surface area (Å²) in [6, 6.07) is 0. The third-order valence-electron chi connectivity index (χ3n) is 1.22. The summed E-state index contributed by atoms with van der Waals surface area (Å²) in [5.74, 6) is -0.566. The zero-order valence-corrected chi connectivity index (χ0v) is 7.63. The number of nitrogens with two attached hydrogens (primary N) is 1. The number of hydrogen-bond acceptors (Lipinski definition) is 4. The van der Waals surface area contributed by atoms with Crippen LogP contribution in [0.15, 0.2) is 0 Å². The maximum atomic E-state index is 10.9. The third kappa shape index (κ3) is 7.23. The van der Waals surface area contributed by atoms with E-state index in [0.29, 0.717) is 13.2 Å². The van der Waals surface area contributed by atoms with E-state index < -0.39 is 0 Å². The van der Waals surface area contributed by atoms with Crippen LogP contribution in [0.2, 0.25) is 0 Å². The van der Waals surface area contributed by atoms with Gasteiger partial charge in [0.1, 0.15) is 6.61 Å². The molecule has 13 heavy (non-hydrogen) atoms. The van der Waals surface area contributed by atoms with Crippen LogP contribution in [-0.4, -0.2) is 45.2 Å². The summed E-state index contributed by atoms with van der Waals surface area (Å²) in [7, 11) is 1.50. The highest BCUT2D eigenvalue weighted by Gasteiger charge is 2.02. The Morgan fingerprint density at radius 3 is 2.62 bits per heavy atom. The topological polar surface area (TPSA) is 93.5 Å². The Hall–Kier alpha value is -1.14. The molecule has 0 spiro atoms. The summed E-state index contributed by atoms with van der Waals surface area (Å²) in [4.78, 5) is 21.5. The summed E-state index contributed by atoms with van der Waals surface area (Å²) >= 11 is 0. The first kappa shape index (κ1) is 11.9. The molecule has 0 aliphatic carbocycles. The second-order valence-electron chi connectivity index (χ2n) is 2.29. The third-order valence-corrected chi connectivity index (χ3v) is 1.22. The Bertz CT molecular complexity index is 172. The Morgan fingerprint density at radius 2 is 2.08 bits per heavy atom. The molecule has 0 saturated carbocycles. The first-order chi connectivity index (χ1) is 6.20. The summed E-state index contributed by atoms with van der Waals surface area (Å²) in [6.07, 6.45) is 0. The van der Waals surface area contributed by atoms with Crippen LogP contribution in [0.5, 0.6) is 0 Å². The smallest absolute Gasteiger partial charge is 0.246 e. The maximum absolute atomic E-state index is 10.9. The molecule has 76 valence electrons. The number of hydrogen-bond donors (Lipinski definition) is 3. The van der Waals surface area contributed by atoms with Crippen molar-refractivity contribution in [1.82, 2.24) is 10.6 Å². The number of carbonyl (C=O) groups is 2. The second-order valence-corrected chi connectivity index (χ2v) is 2.29. The number of ether oxygens (including phenoxy) is 1. The van der Waals surface area contributed by atoms with Crippen LogP contribution in [0, 0.1) is 0 Å². The monoisotopic (exact) mass is 189 g/mol. The molecule has 0 radical (unpaired) electrons. The predicted octanol–water partition coefficient (Wildman–Crippen LogP) is -2.18. The van der Waals surface area contributed by atoms with E-state index in [4.69, 9.17) is 10.5 Å². The van der Waals surface area contributed by atoms with Crippen LogP contribution < -0.4 is 16.4 Å². The van der Waals surface area contributed by atoms with Crippen molar-refractivity contribution >= 4 is 11.8 Å². The van der Waals surface area contributed by atoms with Crippen molar-refractivity contribution in [1.29, 1.82) is 0 Å². The highest BCUT2D eigenvalue weighted by molar-refractivity contribution is 5.84. The molecule has 6 heteroatoms. The number of likely N-dealkylation sites (N-methyl/N-ethyl adjacent to an activating group) is 1. The van der Waals surface area contributed by atoms with E-state index in [1.165, 1.54) is 7.05 Å². The summed E-state index contributed by atoms with van der Waals surface area (Å²) in [5, 5.41) is 4.75. The lowest BCUT2D eigenvalue weighted by Gasteiger charge is -2.04. The zero-order chi connectivity index (χ0) is 10.1. The molecule has 0 aromatic heterocycles. The fourth-order valence-electron chi connectivity index (χ4n) is 0.566. The Morgan fingerprint density at radius 1 is 1.38 bits per heavy atom. The van der Waals surface area contributed by atoms with Gasteiger partial charge in [0.15, 0.2) is 0 Å². The second kappa shape index (κ2) is 7.51. The van der Waals surface area contributed by atoms with Crippen LogP contribution in [0.25, 0.3) is 0 Å². The largest absolute Gasteiger partial charge is 0.370 e. The van der Waals surface area contributed by atoms with E-state index in [0.717, 1.165) is 0 Å². The van der Waals surface area contributed by atoms with Gasteiger partial charge in [-0.2, -0.15) is 0 Å². The van der Waals surface area contributed by atoms with E-state index in [-0.39, 0.29) is 25.0 Å². The molecule has 0 bridgehead atoms. The minimum Gasteiger partial charge on any atom is -0.370 e. The molecular weight excluding hydrogens is 174 g/mol. The van der Waals surface area contributed by atoms with E-state index in [1.54, 1.807) is 0 Å². The van der Waals surface area contributed by atoms with Gasteiger partial charge >= 0.3 is 0 Å². The Kier molecular flexibility index (Phi) is 6.85. The average Bonchev–Trinajstić information content (AvgIpc) is 2.14. The van der Waals surface area contributed by atoms with Gasteiger partial charge in [0, 0.05) is 13.6 Å². The van der Waals surface area contributed by atoms with Gasteiger partial charge in [-0.1, -0.05) is 0 Å². The molecule has 6 nitrogen and oxygen atoms in total. The van der Waals surface area contributed by atoms with Crippen molar-refractivity contribution in [2.45, 2.75) is 0 Å². The molecule has 0 heterocycles. The van der Waals surface area contributed by atoms with Crippen LogP contribution in [0.3, 0.4) is 0 Å². The van der Waals surface area contributed by atoms with Gasteiger partial charge in [-0.15, -0.1) is 0 Å². The van der Waals surface area contributed by atoms with Gasteiger partial charge in [-0.05, 0) is 0 Å². The number of nitrogens with one attached hydrogen (secondary N) is 2. The van der Waals surface area contributed by atoms with Crippen LogP contribution >= 0.6 is 0 Å². The molecule has 0 aliphatic heterocycles. The van der Waals surface area contributed by atoms with Gasteiger partial charge in [0.05, 0.1) is 13.2 Å². The van der Waals surface area contributed by atoms with E-state index >= 15 is 0 Å². The average molecular weight is 189 g/mol. The van der Waals surface area contributed by atoms with E-state index in [2.05, 4.69) is 10.6 Å². The minimum absolute atomic E-state index is 0.0265. The molecule has 0 saturated heterocycles. The first-order valence-corrected chi connectivity index (χ1v) is 3.95. The van der Waals surface area contributed by atoms with Gasteiger partial charge < -0.3 is 21.1 Å². The normalized spacial score (nSPS) is 9.38. The van der Waals surface area contributed by atoms with Crippen LogP contribution in [0.1, 0.15) is 0 Å². The molecule has 0 atom stereocenters. The number of amides is 2. The van der Waals surface area contributed by atoms with Crippen molar-refractivity contribution < 1.29 is 14.3 Å². The van der Waals surface area contributed by atoms with Crippen molar-refractivity contribution in [3.8, 4) is 0 Å². The van der Waals surface area contributed by atoms with E-state index in [9.17, 15) is 9.59 Å². The Balaban J connectivity index is 3.35. The van der Waals surface area contributed by atoms with E-state index in [1.807, 2.05) is 0 Å². The molecule has 0 aliphatic rings. The SMILES string of the molecule is CNC(=O)CNC(=O)COCCN. The minimum atomic E-state index is -0.322. The molecule has 2 amide bonds. The quantitative estimate of drug-likeness (QED) is 0.414. The first-order valence-electron chi connectivity index (χ1n) is 3.95. The highest BCUT2D eigenvalue weighted by Crippen LogP contribution is 1.73. The van der Waals surface area contributed by atoms with Crippen molar-refractivity contribution in [2.24, 2.45) is 5.73 Å². The molecule has 0 aromatic carbocycles. The molecular formula is C7H15N3O3. The highest BCUT2D eigenvalue weighted by atomic mass is 16.5.